The molecule has 7 nitrogen and oxygen atoms in total. The van der Waals surface area contributed by atoms with E-state index in [9.17, 15) is 9.59 Å². The lowest BCUT2D eigenvalue weighted by Crippen LogP contribution is -2.26. The molecule has 0 spiro atoms. The maximum Gasteiger partial charge on any atom is 0.271 e. The number of aromatic nitrogens is 2. The SMILES string of the molecule is COc1cc2c(cc1NC(=O)c1cnc3sc(C)cn3c1=O)oc1ccccc12. The summed E-state index contributed by atoms with van der Waals surface area (Å²) in [6, 6.07) is 11.2. The number of carbonyl (C=O) groups is 1. The van der Waals surface area contributed by atoms with E-state index in [2.05, 4.69) is 10.3 Å². The van der Waals surface area contributed by atoms with Crippen molar-refractivity contribution in [3.05, 3.63) is 69.6 Å². The van der Waals surface area contributed by atoms with Crippen molar-refractivity contribution in [2.24, 2.45) is 0 Å². The van der Waals surface area contributed by atoms with Gasteiger partial charge < -0.3 is 14.5 Å². The molecule has 3 heterocycles. The Balaban J connectivity index is 1.59. The number of hydrogen-bond donors (Lipinski definition) is 1. The summed E-state index contributed by atoms with van der Waals surface area (Å²) in [5, 5.41) is 4.59. The van der Waals surface area contributed by atoms with Crippen molar-refractivity contribution in [1.82, 2.24) is 9.38 Å². The third-order valence-corrected chi connectivity index (χ3v) is 5.63. The van der Waals surface area contributed by atoms with Gasteiger partial charge in [0, 0.05) is 34.1 Å². The van der Waals surface area contributed by atoms with Crippen LogP contribution in [0.15, 0.2) is 58.0 Å². The van der Waals surface area contributed by atoms with Crippen LogP contribution in [0.3, 0.4) is 0 Å². The van der Waals surface area contributed by atoms with Gasteiger partial charge in [0.25, 0.3) is 11.5 Å². The van der Waals surface area contributed by atoms with Crippen molar-refractivity contribution in [3.8, 4) is 5.75 Å². The Morgan fingerprint density at radius 2 is 2.03 bits per heavy atom. The summed E-state index contributed by atoms with van der Waals surface area (Å²) in [5.74, 6) is -0.0903. The van der Waals surface area contributed by atoms with Crippen molar-refractivity contribution < 1.29 is 13.9 Å². The van der Waals surface area contributed by atoms with Gasteiger partial charge in [0.15, 0.2) is 4.96 Å². The molecule has 3 aromatic heterocycles. The van der Waals surface area contributed by atoms with Crippen LogP contribution in [0.2, 0.25) is 0 Å². The second-order valence-electron chi connectivity index (χ2n) is 6.57. The molecule has 5 aromatic rings. The van der Waals surface area contributed by atoms with E-state index in [-0.39, 0.29) is 5.56 Å². The number of para-hydroxylation sites is 1. The predicted molar refractivity (Wildman–Crippen MR) is 112 cm³/mol. The Kier molecular flexibility index (Phi) is 3.88. The molecular weight excluding hydrogens is 390 g/mol. The largest absolute Gasteiger partial charge is 0.495 e. The molecule has 0 saturated carbocycles. The van der Waals surface area contributed by atoms with Gasteiger partial charge in [0.05, 0.1) is 12.8 Å². The van der Waals surface area contributed by atoms with Gasteiger partial charge in [-0.3, -0.25) is 14.0 Å². The zero-order valence-electron chi connectivity index (χ0n) is 15.6. The predicted octanol–water partition coefficient (Wildman–Crippen LogP) is 4.22. The van der Waals surface area contributed by atoms with Crippen molar-refractivity contribution in [2.45, 2.75) is 6.92 Å². The number of fused-ring (bicyclic) bond motifs is 4. The van der Waals surface area contributed by atoms with E-state index in [1.807, 2.05) is 37.3 Å². The number of nitrogens with zero attached hydrogens (tertiary/aromatic N) is 2. The molecular formula is C21H15N3O4S. The van der Waals surface area contributed by atoms with E-state index in [4.69, 9.17) is 9.15 Å². The summed E-state index contributed by atoms with van der Waals surface area (Å²) in [6.07, 6.45) is 2.97. The fourth-order valence-corrected chi connectivity index (χ4v) is 4.14. The van der Waals surface area contributed by atoms with Crippen LogP contribution in [0.4, 0.5) is 5.69 Å². The minimum atomic E-state index is -0.561. The molecule has 144 valence electrons. The maximum atomic E-state index is 12.8. The lowest BCUT2D eigenvalue weighted by Gasteiger charge is -2.10. The number of benzene rings is 2. The maximum absolute atomic E-state index is 12.8. The number of anilines is 1. The zero-order chi connectivity index (χ0) is 20.1. The van der Waals surface area contributed by atoms with Crippen molar-refractivity contribution >= 4 is 49.8 Å². The number of carbonyl (C=O) groups excluding carboxylic acids is 1. The van der Waals surface area contributed by atoms with Gasteiger partial charge in [-0.2, -0.15) is 0 Å². The molecule has 8 heteroatoms. The lowest BCUT2D eigenvalue weighted by molar-refractivity contribution is 0.102. The van der Waals surface area contributed by atoms with Gasteiger partial charge in [-0.05, 0) is 19.1 Å². The number of ether oxygens (including phenoxy) is 1. The molecule has 29 heavy (non-hydrogen) atoms. The first-order chi connectivity index (χ1) is 14.0. The number of methoxy groups -OCH3 is 1. The molecule has 0 unspecified atom stereocenters. The summed E-state index contributed by atoms with van der Waals surface area (Å²) in [5.41, 5.74) is 1.30. The average molecular weight is 405 g/mol. The number of aryl methyl sites for hydroxylation is 1. The molecule has 1 amide bonds. The summed E-state index contributed by atoms with van der Waals surface area (Å²) < 4.78 is 12.7. The molecule has 0 fully saturated rings. The standard InChI is InChI=1S/C21H15N3O4S/c1-11-10-24-20(26)14(9-22-21(24)29-11)19(25)23-15-8-17-13(7-18(15)27-2)12-5-3-4-6-16(12)28-17/h3-10H,1-2H3,(H,23,25). The van der Waals surface area contributed by atoms with Gasteiger partial charge in [-0.25, -0.2) is 4.98 Å². The Labute approximate surface area is 168 Å². The van der Waals surface area contributed by atoms with Crippen molar-refractivity contribution in [1.29, 1.82) is 0 Å². The Bertz CT molecular complexity index is 1480. The van der Waals surface area contributed by atoms with Gasteiger partial charge in [-0.1, -0.05) is 18.2 Å². The van der Waals surface area contributed by atoms with E-state index < -0.39 is 11.5 Å². The molecule has 0 bridgehead atoms. The molecule has 0 aliphatic rings. The monoisotopic (exact) mass is 405 g/mol. The molecule has 0 radical (unpaired) electrons. The van der Waals surface area contributed by atoms with Crippen LogP contribution in [0.25, 0.3) is 26.9 Å². The smallest absolute Gasteiger partial charge is 0.271 e. The fourth-order valence-electron chi connectivity index (χ4n) is 3.36. The van der Waals surface area contributed by atoms with Crippen LogP contribution in [-0.2, 0) is 0 Å². The highest BCUT2D eigenvalue weighted by molar-refractivity contribution is 7.16. The van der Waals surface area contributed by atoms with Crippen molar-refractivity contribution in [3.63, 3.8) is 0 Å². The van der Waals surface area contributed by atoms with Crippen molar-refractivity contribution in [2.75, 3.05) is 12.4 Å². The fraction of sp³-hybridized carbons (Fsp3) is 0.0952. The van der Waals surface area contributed by atoms with Crippen LogP contribution in [0.5, 0.6) is 5.75 Å². The molecule has 2 aromatic carbocycles. The average Bonchev–Trinajstić information content (AvgIpc) is 3.27. The molecule has 0 atom stereocenters. The second-order valence-corrected chi connectivity index (χ2v) is 7.79. The number of amides is 1. The molecule has 0 saturated heterocycles. The summed E-state index contributed by atoms with van der Waals surface area (Å²) in [7, 11) is 1.52. The number of thiazole rings is 1. The van der Waals surface area contributed by atoms with E-state index in [0.29, 0.717) is 22.0 Å². The Morgan fingerprint density at radius 3 is 2.86 bits per heavy atom. The molecule has 0 aliphatic carbocycles. The first kappa shape index (κ1) is 17.4. The summed E-state index contributed by atoms with van der Waals surface area (Å²) >= 11 is 1.39. The van der Waals surface area contributed by atoms with Crippen LogP contribution in [0.1, 0.15) is 15.2 Å². The highest BCUT2D eigenvalue weighted by atomic mass is 32.1. The van der Waals surface area contributed by atoms with Gasteiger partial charge in [-0.15, -0.1) is 11.3 Å². The van der Waals surface area contributed by atoms with E-state index in [0.717, 1.165) is 21.2 Å². The summed E-state index contributed by atoms with van der Waals surface area (Å²) in [4.78, 5) is 31.2. The summed E-state index contributed by atoms with van der Waals surface area (Å²) in [6.45, 7) is 1.88. The third kappa shape index (κ3) is 2.76. The quantitative estimate of drug-likeness (QED) is 0.486. The van der Waals surface area contributed by atoms with Crippen LogP contribution >= 0.6 is 11.3 Å². The minimum absolute atomic E-state index is 0.0490. The number of hydrogen-bond acceptors (Lipinski definition) is 6. The zero-order valence-corrected chi connectivity index (χ0v) is 16.4. The Morgan fingerprint density at radius 1 is 1.21 bits per heavy atom. The highest BCUT2D eigenvalue weighted by Gasteiger charge is 2.18. The van der Waals surface area contributed by atoms with Crippen LogP contribution in [-0.4, -0.2) is 22.4 Å². The van der Waals surface area contributed by atoms with Crippen LogP contribution < -0.4 is 15.6 Å². The first-order valence-electron chi connectivity index (χ1n) is 8.83. The second kappa shape index (κ2) is 6.46. The Hall–Kier alpha value is -3.65. The molecule has 0 aliphatic heterocycles. The molecule has 1 N–H and O–H groups in total. The highest BCUT2D eigenvalue weighted by Crippen LogP contribution is 2.36. The third-order valence-electron chi connectivity index (χ3n) is 4.71. The number of furan rings is 1. The van der Waals surface area contributed by atoms with Gasteiger partial charge >= 0.3 is 0 Å². The minimum Gasteiger partial charge on any atom is -0.495 e. The lowest BCUT2D eigenvalue weighted by atomic mass is 10.1. The van der Waals surface area contributed by atoms with Gasteiger partial charge in [0.1, 0.15) is 22.5 Å². The number of rotatable bonds is 3. The topological polar surface area (TPSA) is 85.8 Å². The number of nitrogens with one attached hydrogen (secondary N) is 1. The van der Waals surface area contributed by atoms with Crippen LogP contribution in [0, 0.1) is 6.92 Å². The van der Waals surface area contributed by atoms with E-state index in [1.165, 1.54) is 29.0 Å². The first-order valence-corrected chi connectivity index (χ1v) is 9.65. The van der Waals surface area contributed by atoms with Gasteiger partial charge in [0.2, 0.25) is 0 Å². The molecule has 5 rings (SSSR count). The van der Waals surface area contributed by atoms with E-state index >= 15 is 0 Å². The van der Waals surface area contributed by atoms with E-state index in [1.54, 1.807) is 12.3 Å². The normalized spacial score (nSPS) is 11.4.